The first kappa shape index (κ1) is 20.1. The van der Waals surface area contributed by atoms with Gasteiger partial charge in [-0.3, -0.25) is 9.59 Å². The average Bonchev–Trinajstić information content (AvgIpc) is 2.78. The summed E-state index contributed by atoms with van der Waals surface area (Å²) in [5.74, 6) is -0.173. The summed E-state index contributed by atoms with van der Waals surface area (Å²) < 4.78 is 0. The molecule has 1 heterocycles. The van der Waals surface area contributed by atoms with Gasteiger partial charge in [-0.25, -0.2) is 0 Å². The van der Waals surface area contributed by atoms with E-state index in [0.29, 0.717) is 6.54 Å². The fourth-order valence-corrected chi connectivity index (χ4v) is 4.14. The van der Waals surface area contributed by atoms with Crippen molar-refractivity contribution in [3.8, 4) is 0 Å². The quantitative estimate of drug-likeness (QED) is 0.715. The molecule has 0 aromatic heterocycles. The molecule has 0 bridgehead atoms. The monoisotopic (exact) mass is 401 g/mol. The molecule has 2 amide bonds. The van der Waals surface area contributed by atoms with Crippen LogP contribution in [0.4, 0.5) is 0 Å². The molecule has 1 N–H and O–H groups in total. The zero-order valence-corrected chi connectivity index (χ0v) is 17.3. The van der Waals surface area contributed by atoms with Gasteiger partial charge in [0, 0.05) is 19.6 Å². The third-order valence-electron chi connectivity index (χ3n) is 5.76. The van der Waals surface area contributed by atoms with Crippen LogP contribution in [0.2, 0.25) is 0 Å². The Labute approximate surface area is 177 Å². The van der Waals surface area contributed by atoms with E-state index in [-0.39, 0.29) is 30.8 Å². The molecule has 1 saturated heterocycles. The van der Waals surface area contributed by atoms with E-state index in [4.69, 9.17) is 0 Å². The first-order valence-corrected chi connectivity index (χ1v) is 10.4. The van der Waals surface area contributed by atoms with E-state index in [0.717, 1.165) is 35.0 Å². The second-order valence-electron chi connectivity index (χ2n) is 7.87. The number of carbonyl (C=O) groups excluding carboxylic acids is 2. The fourth-order valence-electron chi connectivity index (χ4n) is 4.14. The number of likely N-dealkylation sites (N-methyl/N-ethyl adjacent to an activating group) is 1. The smallest absolute Gasteiger partial charge is 0.242 e. The number of fused-ring (bicyclic) bond motifs is 1. The van der Waals surface area contributed by atoms with Crippen LogP contribution < -0.4 is 5.32 Å². The maximum absolute atomic E-state index is 13.0. The molecule has 0 saturated carbocycles. The summed E-state index contributed by atoms with van der Waals surface area (Å²) in [5.41, 5.74) is 2.10. The van der Waals surface area contributed by atoms with E-state index in [2.05, 4.69) is 29.4 Å². The SMILES string of the molecule is CN1CCN(C(=O)CNC(=O)Cc2cccc3ccccc23)[C@H](c2ccccc2)C1. The molecule has 1 aliphatic rings. The number of benzene rings is 3. The van der Waals surface area contributed by atoms with Crippen molar-refractivity contribution in [1.29, 1.82) is 0 Å². The molecule has 5 nitrogen and oxygen atoms in total. The molecule has 3 aromatic rings. The Bertz CT molecular complexity index is 1030. The molecule has 1 fully saturated rings. The average molecular weight is 402 g/mol. The van der Waals surface area contributed by atoms with Gasteiger partial charge in [0.15, 0.2) is 0 Å². The van der Waals surface area contributed by atoms with Gasteiger partial charge in [-0.15, -0.1) is 0 Å². The van der Waals surface area contributed by atoms with Crippen LogP contribution in [0.5, 0.6) is 0 Å². The van der Waals surface area contributed by atoms with E-state index in [1.54, 1.807) is 0 Å². The number of nitrogens with zero attached hydrogens (tertiary/aromatic N) is 2. The standard InChI is InChI=1S/C25H27N3O2/c1-27-14-15-28(23(18-27)20-9-3-2-4-10-20)25(30)17-26-24(29)16-21-12-7-11-19-8-5-6-13-22(19)21/h2-13,23H,14-18H2,1H3,(H,26,29)/t23-/m0/s1. The van der Waals surface area contributed by atoms with Crippen molar-refractivity contribution in [1.82, 2.24) is 15.1 Å². The van der Waals surface area contributed by atoms with Crippen molar-refractivity contribution < 1.29 is 9.59 Å². The minimum absolute atomic E-state index is 0.00687. The molecule has 1 aliphatic heterocycles. The molecule has 3 aromatic carbocycles. The molecule has 0 unspecified atom stereocenters. The number of amides is 2. The second-order valence-corrected chi connectivity index (χ2v) is 7.87. The lowest BCUT2D eigenvalue weighted by Crippen LogP contribution is -2.51. The summed E-state index contributed by atoms with van der Waals surface area (Å²) >= 11 is 0. The van der Waals surface area contributed by atoms with Crippen LogP contribution in [0.3, 0.4) is 0 Å². The Balaban J connectivity index is 1.40. The van der Waals surface area contributed by atoms with Crippen LogP contribution in [0.1, 0.15) is 17.2 Å². The van der Waals surface area contributed by atoms with Gasteiger partial charge in [0.1, 0.15) is 0 Å². The molecule has 0 radical (unpaired) electrons. The Kier molecular flexibility index (Phi) is 6.10. The number of hydrogen-bond acceptors (Lipinski definition) is 3. The van der Waals surface area contributed by atoms with Crippen LogP contribution in [0.15, 0.2) is 72.8 Å². The summed E-state index contributed by atoms with van der Waals surface area (Å²) in [7, 11) is 2.07. The zero-order chi connectivity index (χ0) is 20.9. The highest BCUT2D eigenvalue weighted by Gasteiger charge is 2.30. The topological polar surface area (TPSA) is 52.6 Å². The third-order valence-corrected chi connectivity index (χ3v) is 5.76. The molecular formula is C25H27N3O2. The number of piperazine rings is 1. The summed E-state index contributed by atoms with van der Waals surface area (Å²) in [6, 6.07) is 24.1. The van der Waals surface area contributed by atoms with E-state index in [1.807, 2.05) is 65.6 Å². The summed E-state index contributed by atoms with van der Waals surface area (Å²) in [4.78, 5) is 29.6. The molecule has 1 atom stereocenters. The highest BCUT2D eigenvalue weighted by atomic mass is 16.2. The van der Waals surface area contributed by atoms with Crippen molar-refractivity contribution in [2.75, 3.05) is 33.2 Å². The third kappa shape index (κ3) is 4.52. The van der Waals surface area contributed by atoms with Crippen molar-refractivity contribution in [3.63, 3.8) is 0 Å². The molecule has 154 valence electrons. The van der Waals surface area contributed by atoms with Gasteiger partial charge in [-0.05, 0) is 28.9 Å². The lowest BCUT2D eigenvalue weighted by atomic mass is 10.0. The predicted molar refractivity (Wildman–Crippen MR) is 119 cm³/mol. The molecule has 5 heteroatoms. The minimum Gasteiger partial charge on any atom is -0.347 e. The van der Waals surface area contributed by atoms with E-state index < -0.39 is 0 Å². The van der Waals surface area contributed by atoms with Gasteiger partial charge in [0.2, 0.25) is 11.8 Å². The molecule has 0 spiro atoms. The minimum atomic E-state index is -0.134. The number of hydrogen-bond donors (Lipinski definition) is 1. The van der Waals surface area contributed by atoms with Crippen molar-refractivity contribution in [2.45, 2.75) is 12.5 Å². The van der Waals surface area contributed by atoms with Gasteiger partial charge in [-0.2, -0.15) is 0 Å². The fraction of sp³-hybridized carbons (Fsp3) is 0.280. The maximum Gasteiger partial charge on any atom is 0.242 e. The lowest BCUT2D eigenvalue weighted by molar-refractivity contribution is -0.137. The summed E-state index contributed by atoms with van der Waals surface area (Å²) in [6.45, 7) is 2.31. The van der Waals surface area contributed by atoms with Crippen LogP contribution >= 0.6 is 0 Å². The van der Waals surface area contributed by atoms with E-state index >= 15 is 0 Å². The largest absolute Gasteiger partial charge is 0.347 e. The van der Waals surface area contributed by atoms with Crippen LogP contribution in [0, 0.1) is 0 Å². The Hall–Kier alpha value is -3.18. The first-order chi connectivity index (χ1) is 14.6. The molecule has 30 heavy (non-hydrogen) atoms. The predicted octanol–water partition coefficient (Wildman–Crippen LogP) is 3.01. The van der Waals surface area contributed by atoms with Crippen LogP contribution in [0.25, 0.3) is 10.8 Å². The molecule has 4 rings (SSSR count). The summed E-state index contributed by atoms with van der Waals surface area (Å²) in [6.07, 6.45) is 0.263. The second kappa shape index (κ2) is 9.09. The van der Waals surface area contributed by atoms with Crippen molar-refractivity contribution >= 4 is 22.6 Å². The van der Waals surface area contributed by atoms with Gasteiger partial charge in [0.05, 0.1) is 19.0 Å². The summed E-state index contributed by atoms with van der Waals surface area (Å²) in [5, 5.41) is 5.02. The van der Waals surface area contributed by atoms with Crippen LogP contribution in [-0.2, 0) is 16.0 Å². The number of carbonyl (C=O) groups is 2. The number of rotatable bonds is 5. The zero-order valence-electron chi connectivity index (χ0n) is 17.3. The molecule has 0 aliphatic carbocycles. The van der Waals surface area contributed by atoms with Gasteiger partial charge < -0.3 is 15.1 Å². The van der Waals surface area contributed by atoms with Gasteiger partial charge >= 0.3 is 0 Å². The van der Waals surface area contributed by atoms with Crippen molar-refractivity contribution in [2.24, 2.45) is 0 Å². The van der Waals surface area contributed by atoms with Gasteiger partial charge in [-0.1, -0.05) is 72.8 Å². The highest BCUT2D eigenvalue weighted by Crippen LogP contribution is 2.25. The normalized spacial score (nSPS) is 17.1. The van der Waals surface area contributed by atoms with Crippen molar-refractivity contribution in [3.05, 3.63) is 83.9 Å². The lowest BCUT2D eigenvalue weighted by Gasteiger charge is -2.40. The Morgan fingerprint density at radius 1 is 0.933 bits per heavy atom. The van der Waals surface area contributed by atoms with E-state index in [9.17, 15) is 9.59 Å². The van der Waals surface area contributed by atoms with Crippen LogP contribution in [-0.4, -0.2) is 54.8 Å². The maximum atomic E-state index is 13.0. The van der Waals surface area contributed by atoms with Gasteiger partial charge in [0.25, 0.3) is 0 Å². The highest BCUT2D eigenvalue weighted by molar-refractivity contribution is 5.91. The van der Waals surface area contributed by atoms with E-state index in [1.165, 1.54) is 0 Å². The first-order valence-electron chi connectivity index (χ1n) is 10.4. The molecular weight excluding hydrogens is 374 g/mol. The Morgan fingerprint density at radius 2 is 1.67 bits per heavy atom. The number of nitrogens with one attached hydrogen (secondary N) is 1. The Morgan fingerprint density at radius 3 is 2.50 bits per heavy atom.